The summed E-state index contributed by atoms with van der Waals surface area (Å²) < 4.78 is 19.0. The Morgan fingerprint density at radius 1 is 1.17 bits per heavy atom. The van der Waals surface area contributed by atoms with Crippen molar-refractivity contribution in [2.75, 3.05) is 20.2 Å². The van der Waals surface area contributed by atoms with Crippen LogP contribution in [-0.2, 0) is 6.54 Å². The third-order valence-electron chi connectivity index (χ3n) is 3.68. The van der Waals surface area contributed by atoms with Crippen molar-refractivity contribution in [3.8, 4) is 17.0 Å². The highest BCUT2D eigenvalue weighted by atomic mass is 19.1. The van der Waals surface area contributed by atoms with Crippen LogP contribution in [0.4, 0.5) is 4.39 Å². The van der Waals surface area contributed by atoms with E-state index in [1.54, 1.807) is 30.6 Å². The third kappa shape index (κ3) is 3.97. The molecule has 1 N–H and O–H groups in total. The molecule has 2 heterocycles. The summed E-state index contributed by atoms with van der Waals surface area (Å²) in [6.45, 7) is 1.80. The van der Waals surface area contributed by atoms with Crippen LogP contribution in [0.3, 0.4) is 0 Å². The summed E-state index contributed by atoms with van der Waals surface area (Å²) in [6, 6.07) is 10.3. The zero-order valence-electron chi connectivity index (χ0n) is 13.4. The molecule has 0 aliphatic heterocycles. The summed E-state index contributed by atoms with van der Waals surface area (Å²) in [6.07, 6.45) is 5.36. The highest BCUT2D eigenvalue weighted by Gasteiger charge is 2.10. The van der Waals surface area contributed by atoms with Gasteiger partial charge in [0, 0.05) is 36.6 Å². The Morgan fingerprint density at radius 2 is 2.04 bits per heavy atom. The molecule has 0 atom stereocenters. The number of aromatic amines is 1. The van der Waals surface area contributed by atoms with Crippen LogP contribution in [-0.4, -0.2) is 40.3 Å². The van der Waals surface area contributed by atoms with Crippen LogP contribution in [0.15, 0.2) is 55.0 Å². The predicted molar refractivity (Wildman–Crippen MR) is 90.0 cm³/mol. The highest BCUT2D eigenvalue weighted by Crippen LogP contribution is 2.21. The Morgan fingerprint density at radius 3 is 2.83 bits per heavy atom. The van der Waals surface area contributed by atoms with E-state index in [2.05, 4.69) is 20.1 Å². The number of rotatable bonds is 7. The van der Waals surface area contributed by atoms with Crippen molar-refractivity contribution in [1.29, 1.82) is 0 Å². The number of pyridine rings is 1. The quantitative estimate of drug-likeness (QED) is 0.725. The molecular formula is C18H19FN4O. The molecular weight excluding hydrogens is 307 g/mol. The van der Waals surface area contributed by atoms with Crippen molar-refractivity contribution in [3.63, 3.8) is 0 Å². The molecule has 0 saturated heterocycles. The predicted octanol–water partition coefficient (Wildman–Crippen LogP) is 3.12. The number of nitrogens with one attached hydrogen (secondary N) is 1. The van der Waals surface area contributed by atoms with Crippen LogP contribution in [0.1, 0.15) is 5.56 Å². The number of halogens is 1. The minimum Gasteiger partial charge on any atom is -0.489 e. The van der Waals surface area contributed by atoms with Crippen LogP contribution in [0.2, 0.25) is 0 Å². The molecule has 0 unspecified atom stereocenters. The molecule has 0 fully saturated rings. The van der Waals surface area contributed by atoms with Gasteiger partial charge >= 0.3 is 0 Å². The van der Waals surface area contributed by atoms with Gasteiger partial charge in [0.05, 0.1) is 11.9 Å². The number of likely N-dealkylation sites (N-methyl/N-ethyl adjacent to an activating group) is 1. The van der Waals surface area contributed by atoms with Gasteiger partial charge in [0.1, 0.15) is 6.61 Å². The molecule has 0 saturated carbocycles. The molecule has 0 aliphatic rings. The van der Waals surface area contributed by atoms with E-state index in [-0.39, 0.29) is 11.6 Å². The van der Waals surface area contributed by atoms with E-state index >= 15 is 0 Å². The number of para-hydroxylation sites is 1. The van der Waals surface area contributed by atoms with Crippen molar-refractivity contribution < 1.29 is 9.13 Å². The fourth-order valence-corrected chi connectivity index (χ4v) is 2.43. The van der Waals surface area contributed by atoms with Crippen LogP contribution < -0.4 is 4.74 Å². The fraction of sp³-hybridized carbons (Fsp3) is 0.222. The molecule has 2 aromatic heterocycles. The van der Waals surface area contributed by atoms with Gasteiger partial charge in [-0.3, -0.25) is 15.0 Å². The van der Waals surface area contributed by atoms with Gasteiger partial charge in [-0.25, -0.2) is 4.39 Å². The second kappa shape index (κ2) is 7.70. The lowest BCUT2D eigenvalue weighted by atomic mass is 10.1. The number of nitrogens with zero attached hydrogens (tertiary/aromatic N) is 3. The lowest BCUT2D eigenvalue weighted by molar-refractivity contribution is 0.227. The molecule has 3 aromatic rings. The van der Waals surface area contributed by atoms with Crippen molar-refractivity contribution in [1.82, 2.24) is 20.1 Å². The molecule has 24 heavy (non-hydrogen) atoms. The van der Waals surface area contributed by atoms with Crippen molar-refractivity contribution in [3.05, 3.63) is 66.4 Å². The first-order valence-corrected chi connectivity index (χ1v) is 7.72. The number of H-pyrrole nitrogens is 1. The highest BCUT2D eigenvalue weighted by molar-refractivity contribution is 5.61. The lowest BCUT2D eigenvalue weighted by Gasteiger charge is -2.17. The summed E-state index contributed by atoms with van der Waals surface area (Å²) in [5.74, 6) is -0.0564. The molecule has 5 nitrogen and oxygen atoms in total. The van der Waals surface area contributed by atoms with Gasteiger partial charge in [-0.15, -0.1) is 0 Å². The summed E-state index contributed by atoms with van der Waals surface area (Å²) in [5.41, 5.74) is 3.04. The van der Waals surface area contributed by atoms with Crippen molar-refractivity contribution in [2.45, 2.75) is 6.54 Å². The maximum atomic E-state index is 13.5. The molecule has 6 heteroatoms. The first-order valence-electron chi connectivity index (χ1n) is 7.72. The van der Waals surface area contributed by atoms with Crippen molar-refractivity contribution in [2.24, 2.45) is 0 Å². The third-order valence-corrected chi connectivity index (χ3v) is 3.68. The minimum absolute atomic E-state index is 0.283. The summed E-state index contributed by atoms with van der Waals surface area (Å²) in [5, 5.41) is 7.15. The van der Waals surface area contributed by atoms with Gasteiger partial charge < -0.3 is 4.74 Å². The molecule has 1 aromatic carbocycles. The van der Waals surface area contributed by atoms with Crippen LogP contribution >= 0.6 is 0 Å². The van der Waals surface area contributed by atoms with Gasteiger partial charge in [0.15, 0.2) is 11.6 Å². The van der Waals surface area contributed by atoms with E-state index in [9.17, 15) is 4.39 Å². The number of hydrogen-bond acceptors (Lipinski definition) is 4. The Balaban J connectivity index is 1.55. The van der Waals surface area contributed by atoms with Crippen molar-refractivity contribution >= 4 is 0 Å². The molecule has 0 radical (unpaired) electrons. The van der Waals surface area contributed by atoms with E-state index in [1.165, 1.54) is 6.07 Å². The number of benzene rings is 1. The molecule has 0 spiro atoms. The number of aromatic nitrogens is 3. The van der Waals surface area contributed by atoms with E-state index in [0.29, 0.717) is 19.7 Å². The standard InChI is InChI=1S/C18H19FN4O/c1-23(9-10-24-17-7-3-2-6-16(17)19)13-15-12-21-22-18(15)14-5-4-8-20-11-14/h2-8,11-12H,9-10,13H2,1H3,(H,21,22). The average Bonchev–Trinajstić information content (AvgIpc) is 3.05. The summed E-state index contributed by atoms with van der Waals surface area (Å²) in [4.78, 5) is 6.24. The molecule has 124 valence electrons. The molecule has 0 amide bonds. The fourth-order valence-electron chi connectivity index (χ4n) is 2.43. The molecule has 0 bridgehead atoms. The summed E-state index contributed by atoms with van der Waals surface area (Å²) in [7, 11) is 1.99. The maximum Gasteiger partial charge on any atom is 0.165 e. The smallest absolute Gasteiger partial charge is 0.165 e. The summed E-state index contributed by atoms with van der Waals surface area (Å²) >= 11 is 0. The SMILES string of the molecule is CN(CCOc1ccccc1F)Cc1cn[nH]c1-c1cccnc1. The first kappa shape index (κ1) is 16.1. The zero-order chi connectivity index (χ0) is 16.8. The molecule has 3 rings (SSSR count). The van der Waals surface area contributed by atoms with E-state index in [1.807, 2.05) is 25.4 Å². The zero-order valence-corrected chi connectivity index (χ0v) is 13.4. The average molecular weight is 326 g/mol. The topological polar surface area (TPSA) is 54.0 Å². The Kier molecular flexibility index (Phi) is 5.18. The maximum absolute atomic E-state index is 13.5. The van der Waals surface area contributed by atoms with E-state index in [0.717, 1.165) is 16.8 Å². The van der Waals surface area contributed by atoms with Crippen LogP contribution in [0.25, 0.3) is 11.3 Å². The van der Waals surface area contributed by atoms with Gasteiger partial charge in [0.2, 0.25) is 0 Å². The number of ether oxygens (including phenoxy) is 1. The second-order valence-corrected chi connectivity index (χ2v) is 5.53. The monoisotopic (exact) mass is 326 g/mol. The van der Waals surface area contributed by atoms with E-state index < -0.39 is 0 Å². The Bertz CT molecular complexity index is 775. The van der Waals surface area contributed by atoms with Crippen LogP contribution in [0.5, 0.6) is 5.75 Å². The minimum atomic E-state index is -0.339. The Labute approximate surface area is 140 Å². The number of hydrogen-bond donors (Lipinski definition) is 1. The first-order chi connectivity index (χ1) is 11.7. The van der Waals surface area contributed by atoms with Gasteiger partial charge in [-0.1, -0.05) is 12.1 Å². The molecule has 0 aliphatic carbocycles. The van der Waals surface area contributed by atoms with Gasteiger partial charge in [-0.2, -0.15) is 5.10 Å². The lowest BCUT2D eigenvalue weighted by Crippen LogP contribution is -2.24. The van der Waals surface area contributed by atoms with Gasteiger partial charge in [0.25, 0.3) is 0 Å². The Hall–Kier alpha value is -2.73. The van der Waals surface area contributed by atoms with Gasteiger partial charge in [-0.05, 0) is 31.3 Å². The second-order valence-electron chi connectivity index (χ2n) is 5.53. The largest absolute Gasteiger partial charge is 0.489 e. The van der Waals surface area contributed by atoms with E-state index in [4.69, 9.17) is 4.74 Å². The normalized spacial score (nSPS) is 11.0. The van der Waals surface area contributed by atoms with Crippen LogP contribution in [0, 0.1) is 5.82 Å².